The molecule has 0 aliphatic carbocycles. The van der Waals surface area contributed by atoms with Gasteiger partial charge in [-0.05, 0) is 65.9 Å². The summed E-state index contributed by atoms with van der Waals surface area (Å²) in [4.78, 5) is 9.48. The van der Waals surface area contributed by atoms with Gasteiger partial charge >= 0.3 is 8.03 Å². The number of phenols is 1. The van der Waals surface area contributed by atoms with E-state index < -0.39 is 14.1 Å². The Kier molecular flexibility index (Phi) is 12.1. The van der Waals surface area contributed by atoms with Gasteiger partial charge in [-0.25, -0.2) is 0 Å². The van der Waals surface area contributed by atoms with Crippen LogP contribution in [0.4, 0.5) is 0 Å². The zero-order valence-corrected chi connectivity index (χ0v) is 19.5. The summed E-state index contributed by atoms with van der Waals surface area (Å²) in [7, 11) is -2.24. The second kappa shape index (κ2) is 14.8. The molecule has 176 valence electrons. The van der Waals surface area contributed by atoms with E-state index in [4.69, 9.17) is 9.47 Å². The van der Waals surface area contributed by atoms with Crippen molar-refractivity contribution in [1.29, 1.82) is 0 Å². The molecule has 0 aliphatic rings. The average Bonchev–Trinajstić information content (AvgIpc) is 2.79. The van der Waals surface area contributed by atoms with E-state index in [2.05, 4.69) is 12.2 Å². The maximum absolute atomic E-state index is 11.5. The van der Waals surface area contributed by atoms with E-state index in [1.807, 2.05) is 24.3 Å². The van der Waals surface area contributed by atoms with Gasteiger partial charge in [-0.1, -0.05) is 31.9 Å². The van der Waals surface area contributed by atoms with Crippen LogP contribution in [-0.2, 0) is 11.0 Å². The molecule has 3 atom stereocenters. The third kappa shape index (κ3) is 10.4. The lowest BCUT2D eigenvalue weighted by molar-refractivity contribution is 0.106. The van der Waals surface area contributed by atoms with Crippen LogP contribution in [0.1, 0.15) is 38.2 Å². The number of rotatable bonds is 16. The molecular formula is C24H35NO6P+. The van der Waals surface area contributed by atoms with Crippen molar-refractivity contribution in [3.8, 4) is 17.2 Å². The van der Waals surface area contributed by atoms with Crippen molar-refractivity contribution in [2.45, 2.75) is 50.8 Å². The zero-order chi connectivity index (χ0) is 23.2. The first-order valence-electron chi connectivity index (χ1n) is 11.2. The number of aliphatic hydroxyl groups is 1. The highest BCUT2D eigenvalue weighted by Gasteiger charge is 2.29. The smallest absolute Gasteiger partial charge is 0.508 e. The number of aromatic hydroxyl groups is 1. The summed E-state index contributed by atoms with van der Waals surface area (Å²) < 4.78 is 22.7. The molecule has 8 heteroatoms. The Morgan fingerprint density at radius 2 is 1.59 bits per heavy atom. The molecule has 0 spiro atoms. The highest BCUT2D eigenvalue weighted by molar-refractivity contribution is 7.38. The molecule has 0 bridgehead atoms. The molecule has 0 radical (unpaired) electrons. The van der Waals surface area contributed by atoms with Crippen LogP contribution in [0.2, 0.25) is 0 Å². The van der Waals surface area contributed by atoms with E-state index in [-0.39, 0.29) is 24.6 Å². The standard InChI is InChI=1S/C24H34NO6P/c1-2-3-4-5-24(32(28)29)18-31-22-10-6-19(7-11-22)14-15-25-16-21(27)17-30-23-12-8-20(26)9-13-23/h6-13,21,24-25,27H,2-5,14-18H2,1H3,(H-,26,28,29)/p+1/t21-,24?/m0/s1. The van der Waals surface area contributed by atoms with E-state index in [9.17, 15) is 19.7 Å². The lowest BCUT2D eigenvalue weighted by atomic mass is 10.1. The average molecular weight is 465 g/mol. The third-order valence-electron chi connectivity index (χ3n) is 5.07. The Hall–Kier alpha value is -2.18. The highest BCUT2D eigenvalue weighted by Crippen LogP contribution is 2.28. The predicted octanol–water partition coefficient (Wildman–Crippen LogP) is 4.03. The first-order valence-corrected chi connectivity index (χ1v) is 12.4. The van der Waals surface area contributed by atoms with Gasteiger partial charge in [0.1, 0.15) is 36.6 Å². The highest BCUT2D eigenvalue weighted by atomic mass is 31.1. The van der Waals surface area contributed by atoms with Gasteiger partial charge in [0, 0.05) is 13.0 Å². The number of ether oxygens (including phenoxy) is 2. The quantitative estimate of drug-likeness (QED) is 0.219. The summed E-state index contributed by atoms with van der Waals surface area (Å²) in [6.07, 6.45) is 3.95. The number of phenolic OH excluding ortho intramolecular Hbond substituents is 1. The fraction of sp³-hybridized carbons (Fsp3) is 0.500. The Bertz CT molecular complexity index is 784. The molecule has 2 unspecified atom stereocenters. The van der Waals surface area contributed by atoms with E-state index in [1.54, 1.807) is 12.1 Å². The molecule has 0 saturated carbocycles. The summed E-state index contributed by atoms with van der Waals surface area (Å²) >= 11 is 0. The number of hydrogen-bond acceptors (Lipinski definition) is 6. The van der Waals surface area contributed by atoms with Crippen LogP contribution in [0.3, 0.4) is 0 Å². The Balaban J connectivity index is 1.62. The van der Waals surface area contributed by atoms with Gasteiger partial charge in [-0.15, -0.1) is 0 Å². The van der Waals surface area contributed by atoms with Gasteiger partial charge in [0.15, 0.2) is 0 Å². The second-order valence-corrected chi connectivity index (χ2v) is 9.16. The summed E-state index contributed by atoms with van der Waals surface area (Å²) in [6.45, 7) is 3.65. The molecule has 0 heterocycles. The molecule has 2 rings (SSSR count). The summed E-state index contributed by atoms with van der Waals surface area (Å²) in [5.41, 5.74) is 0.803. The van der Waals surface area contributed by atoms with Gasteiger partial charge < -0.3 is 25.0 Å². The van der Waals surface area contributed by atoms with Gasteiger partial charge in [0.2, 0.25) is 5.66 Å². The van der Waals surface area contributed by atoms with Crippen molar-refractivity contribution < 1.29 is 29.1 Å². The molecule has 0 aromatic heterocycles. The maximum atomic E-state index is 11.5. The lowest BCUT2D eigenvalue weighted by Crippen LogP contribution is -2.32. The number of unbranched alkanes of at least 4 members (excludes halogenated alkanes) is 2. The Morgan fingerprint density at radius 1 is 0.969 bits per heavy atom. The molecule has 2 aromatic carbocycles. The van der Waals surface area contributed by atoms with E-state index in [0.717, 1.165) is 31.2 Å². The van der Waals surface area contributed by atoms with E-state index in [1.165, 1.54) is 12.1 Å². The second-order valence-electron chi connectivity index (χ2n) is 7.82. The van der Waals surface area contributed by atoms with Crippen molar-refractivity contribution in [3.63, 3.8) is 0 Å². The van der Waals surface area contributed by atoms with E-state index >= 15 is 0 Å². The molecule has 4 N–H and O–H groups in total. The minimum Gasteiger partial charge on any atom is -0.508 e. The summed E-state index contributed by atoms with van der Waals surface area (Å²) in [6, 6.07) is 14.1. The fourth-order valence-electron chi connectivity index (χ4n) is 3.13. The van der Waals surface area contributed by atoms with Crippen LogP contribution >= 0.6 is 8.03 Å². The van der Waals surface area contributed by atoms with Crippen molar-refractivity contribution in [3.05, 3.63) is 54.1 Å². The molecule has 0 aliphatic heterocycles. The van der Waals surface area contributed by atoms with Crippen molar-refractivity contribution >= 4 is 8.03 Å². The van der Waals surface area contributed by atoms with Gasteiger partial charge in [-0.3, -0.25) is 0 Å². The van der Waals surface area contributed by atoms with Gasteiger partial charge in [0.05, 0.1) is 0 Å². The minimum atomic E-state index is -2.24. The number of hydrogen-bond donors (Lipinski definition) is 4. The fourth-order valence-corrected chi connectivity index (χ4v) is 3.73. The monoisotopic (exact) mass is 464 g/mol. The van der Waals surface area contributed by atoms with E-state index in [0.29, 0.717) is 31.0 Å². The van der Waals surface area contributed by atoms with Crippen molar-refractivity contribution in [2.75, 3.05) is 26.3 Å². The summed E-state index contributed by atoms with van der Waals surface area (Å²) in [5, 5.41) is 22.5. The van der Waals surface area contributed by atoms with Crippen LogP contribution in [0.25, 0.3) is 0 Å². The largest absolute Gasteiger partial charge is 0.512 e. The van der Waals surface area contributed by atoms with Crippen LogP contribution < -0.4 is 14.8 Å². The third-order valence-corrected chi connectivity index (χ3v) is 6.10. The molecule has 2 aromatic rings. The Morgan fingerprint density at radius 3 is 2.22 bits per heavy atom. The van der Waals surface area contributed by atoms with Crippen LogP contribution in [0, 0.1) is 0 Å². The van der Waals surface area contributed by atoms with Crippen molar-refractivity contribution in [1.82, 2.24) is 5.32 Å². The molecule has 7 nitrogen and oxygen atoms in total. The first kappa shape index (κ1) is 26.1. The molecule has 0 fully saturated rings. The van der Waals surface area contributed by atoms with Gasteiger partial charge in [-0.2, -0.15) is 4.89 Å². The van der Waals surface area contributed by atoms with Crippen LogP contribution in [-0.4, -0.2) is 53.2 Å². The predicted molar refractivity (Wildman–Crippen MR) is 126 cm³/mol. The molecular weight excluding hydrogens is 429 g/mol. The van der Waals surface area contributed by atoms with Crippen molar-refractivity contribution in [2.24, 2.45) is 0 Å². The van der Waals surface area contributed by atoms with Gasteiger partial charge in [0.25, 0.3) is 0 Å². The zero-order valence-electron chi connectivity index (χ0n) is 18.7. The minimum absolute atomic E-state index is 0.169. The van der Waals surface area contributed by atoms with Crippen LogP contribution in [0.15, 0.2) is 48.5 Å². The normalized spacial score (nSPS) is 13.4. The number of benzene rings is 2. The molecule has 32 heavy (non-hydrogen) atoms. The maximum Gasteiger partial charge on any atom is 0.512 e. The Labute approximate surface area is 191 Å². The number of aliphatic hydroxyl groups excluding tert-OH is 1. The van der Waals surface area contributed by atoms with Crippen LogP contribution in [0.5, 0.6) is 17.2 Å². The lowest BCUT2D eigenvalue weighted by Gasteiger charge is -2.13. The number of nitrogens with one attached hydrogen (secondary N) is 1. The molecule has 0 amide bonds. The first-order chi connectivity index (χ1) is 15.5. The topological polar surface area (TPSA) is 108 Å². The molecule has 0 saturated heterocycles. The SMILES string of the molecule is CCCCCC(COc1ccc(CCNC[C@H](O)COc2ccc(O)cc2)cc1)[P+](=O)O. The summed E-state index contributed by atoms with van der Waals surface area (Å²) in [5.74, 6) is 1.47.